The van der Waals surface area contributed by atoms with Crippen LogP contribution in [0.2, 0.25) is 5.15 Å². The minimum atomic E-state index is -4.64. The molecule has 8 heteroatoms. The van der Waals surface area contributed by atoms with Gasteiger partial charge in [-0.1, -0.05) is 29.8 Å². The second-order valence-electron chi connectivity index (χ2n) is 2.82. The van der Waals surface area contributed by atoms with Crippen LogP contribution in [0.5, 0.6) is 0 Å². The lowest BCUT2D eigenvalue weighted by molar-refractivity contribution is 0.275. The van der Waals surface area contributed by atoms with E-state index in [4.69, 9.17) is 30.8 Å². The predicted octanol–water partition coefficient (Wildman–Crippen LogP) is 2.52. The van der Waals surface area contributed by atoms with Crippen LogP contribution in [0, 0.1) is 0 Å². The summed E-state index contributed by atoms with van der Waals surface area (Å²) in [6.45, 7) is 0. The van der Waals surface area contributed by atoms with Crippen LogP contribution in [0.15, 0.2) is 30.3 Å². The van der Waals surface area contributed by atoms with Crippen LogP contribution in [0.4, 0.5) is 0 Å². The zero-order valence-corrected chi connectivity index (χ0v) is 11.0. The van der Waals surface area contributed by atoms with Crippen LogP contribution in [0.25, 0.3) is 10.9 Å². The van der Waals surface area contributed by atoms with E-state index in [9.17, 15) is 0 Å². The fourth-order valence-corrected chi connectivity index (χ4v) is 1.72. The molecule has 0 spiro atoms. The van der Waals surface area contributed by atoms with Gasteiger partial charge in [-0.3, -0.25) is 3.59 Å². The van der Waals surface area contributed by atoms with E-state index < -0.39 is 7.82 Å². The molecule has 1 aromatic carbocycles. The molecule has 1 heterocycles. The third-order valence-corrected chi connectivity index (χ3v) is 2.86. The van der Waals surface area contributed by atoms with E-state index in [-0.39, 0.29) is 0 Å². The van der Waals surface area contributed by atoms with Gasteiger partial charge < -0.3 is 14.7 Å². The lowest BCUT2D eigenvalue weighted by Gasteiger charge is -1.91. The summed E-state index contributed by atoms with van der Waals surface area (Å²) in [5.41, 5.74) is 1.09. The van der Waals surface area contributed by atoms with Crippen LogP contribution < -0.4 is 0 Å². The average molecular weight is 328 g/mol. The third kappa shape index (κ3) is 4.25. The summed E-state index contributed by atoms with van der Waals surface area (Å²) in [5.74, 6) is 0. The summed E-state index contributed by atoms with van der Waals surface area (Å²) in [4.78, 5) is 21.6. The van der Waals surface area contributed by atoms with Crippen LogP contribution >= 0.6 is 35.6 Å². The molecule has 16 heavy (non-hydrogen) atoms. The predicted molar refractivity (Wildman–Crippen MR) is 65.5 cm³/mol. The van der Waals surface area contributed by atoms with Gasteiger partial charge in [0.25, 0.3) is 0 Å². The Labute approximate surface area is 105 Å². The van der Waals surface area contributed by atoms with E-state index in [0.717, 1.165) is 10.9 Å². The van der Waals surface area contributed by atoms with Gasteiger partial charge in [0.15, 0.2) is 0 Å². The Kier molecular flexibility index (Phi) is 4.55. The smallest absolute Gasteiger partial charge is 0.303 e. The van der Waals surface area contributed by atoms with Crippen LogP contribution in [-0.4, -0.2) is 18.3 Å². The molecule has 0 aliphatic rings. The zero-order valence-electron chi connectivity index (χ0n) is 7.79. The molecular formula is C8H8BrClNO4P. The first-order valence-corrected chi connectivity index (χ1v) is 6.64. The number of phosphoric acid groups is 1. The van der Waals surface area contributed by atoms with E-state index in [1.807, 2.05) is 30.3 Å². The summed E-state index contributed by atoms with van der Waals surface area (Å²) in [6.07, 6.45) is 0. The molecule has 0 fully saturated rings. The number of fused-ring (bicyclic) bond motifs is 1. The van der Waals surface area contributed by atoms with Gasteiger partial charge >= 0.3 is 7.82 Å². The largest absolute Gasteiger partial charge is 0.466 e. The molecule has 0 bridgehead atoms. The first kappa shape index (κ1) is 13.7. The van der Waals surface area contributed by atoms with Crippen molar-refractivity contribution in [1.29, 1.82) is 0 Å². The Morgan fingerprint density at radius 3 is 2.25 bits per heavy atom. The molecule has 0 saturated carbocycles. The minimum Gasteiger partial charge on any atom is -0.303 e. The maximum absolute atomic E-state index is 8.88. The summed E-state index contributed by atoms with van der Waals surface area (Å²) >= 11 is 9.20. The number of rotatable bonds is 0. The first-order valence-electron chi connectivity index (χ1n) is 3.99. The number of hydrogen-bond donors (Lipinski definition) is 3. The minimum absolute atomic E-state index is 0.700. The Morgan fingerprint density at radius 2 is 1.75 bits per heavy atom. The van der Waals surface area contributed by atoms with Crippen molar-refractivity contribution >= 4 is 46.5 Å². The third-order valence-electron chi connectivity index (χ3n) is 1.61. The first-order chi connectivity index (χ1) is 7.29. The SMILES string of the molecule is Clc1cc2ccccc2n1Br.O=P(O)(O)O. The number of para-hydroxylation sites is 1. The molecule has 0 amide bonds. The summed E-state index contributed by atoms with van der Waals surface area (Å²) in [6, 6.07) is 9.93. The van der Waals surface area contributed by atoms with Gasteiger partial charge in [-0.2, -0.15) is 0 Å². The molecule has 3 N–H and O–H groups in total. The molecule has 2 aromatic rings. The Bertz CT molecular complexity index is 530. The van der Waals surface area contributed by atoms with Crippen LogP contribution in [0.1, 0.15) is 0 Å². The maximum atomic E-state index is 8.88. The lowest BCUT2D eigenvalue weighted by Crippen LogP contribution is -1.75. The second-order valence-corrected chi connectivity index (χ2v) is 4.94. The van der Waals surface area contributed by atoms with Crippen molar-refractivity contribution in [2.24, 2.45) is 0 Å². The topological polar surface area (TPSA) is 82.7 Å². The van der Waals surface area contributed by atoms with E-state index in [2.05, 4.69) is 16.1 Å². The highest BCUT2D eigenvalue weighted by molar-refractivity contribution is 9.08. The standard InChI is InChI=1S/C8H5BrClN.H3O4P/c9-11-7-4-2-1-3-6(7)5-8(11)10;1-5(2,3)4/h1-5H;(H3,1,2,3,4). The monoisotopic (exact) mass is 327 g/mol. The van der Waals surface area contributed by atoms with Crippen molar-refractivity contribution in [2.75, 3.05) is 0 Å². The molecular weight excluding hydrogens is 320 g/mol. The van der Waals surface area contributed by atoms with Gasteiger partial charge in [-0.05, 0) is 12.1 Å². The van der Waals surface area contributed by atoms with Crippen molar-refractivity contribution in [3.63, 3.8) is 0 Å². The van der Waals surface area contributed by atoms with Crippen molar-refractivity contribution < 1.29 is 19.2 Å². The van der Waals surface area contributed by atoms with Crippen molar-refractivity contribution in [3.8, 4) is 0 Å². The molecule has 0 aliphatic carbocycles. The van der Waals surface area contributed by atoms with Crippen molar-refractivity contribution in [1.82, 2.24) is 3.59 Å². The van der Waals surface area contributed by atoms with Gasteiger partial charge in [0.2, 0.25) is 0 Å². The molecule has 0 aliphatic heterocycles. The quantitative estimate of drug-likeness (QED) is 0.649. The van der Waals surface area contributed by atoms with Gasteiger partial charge in [0, 0.05) is 5.39 Å². The second kappa shape index (κ2) is 5.31. The summed E-state index contributed by atoms with van der Waals surface area (Å²) < 4.78 is 10.7. The highest BCUT2D eigenvalue weighted by Gasteiger charge is 2.01. The van der Waals surface area contributed by atoms with Crippen LogP contribution in [0.3, 0.4) is 0 Å². The molecule has 0 saturated heterocycles. The Hall–Kier alpha value is -0.360. The number of nitrogens with zero attached hydrogens (tertiary/aromatic N) is 1. The zero-order chi connectivity index (χ0) is 12.3. The maximum Gasteiger partial charge on any atom is 0.466 e. The number of hydrogen-bond acceptors (Lipinski definition) is 1. The highest BCUT2D eigenvalue weighted by atomic mass is 79.9. The number of benzene rings is 1. The van der Waals surface area contributed by atoms with Crippen LogP contribution in [-0.2, 0) is 4.57 Å². The Morgan fingerprint density at radius 1 is 1.25 bits per heavy atom. The lowest BCUT2D eigenvalue weighted by atomic mass is 10.3. The molecule has 0 radical (unpaired) electrons. The van der Waals surface area contributed by atoms with Gasteiger partial charge in [-0.15, -0.1) is 0 Å². The van der Waals surface area contributed by atoms with Gasteiger partial charge in [0.05, 0.1) is 21.7 Å². The highest BCUT2D eigenvalue weighted by Crippen LogP contribution is 2.26. The molecule has 5 nitrogen and oxygen atoms in total. The molecule has 0 unspecified atom stereocenters. The molecule has 0 atom stereocenters. The van der Waals surface area contributed by atoms with E-state index in [1.54, 1.807) is 3.59 Å². The summed E-state index contributed by atoms with van der Waals surface area (Å²) in [7, 11) is -4.64. The fraction of sp³-hybridized carbons (Fsp3) is 0. The van der Waals surface area contributed by atoms with E-state index in [0.29, 0.717) is 5.15 Å². The number of halogens is 2. The van der Waals surface area contributed by atoms with Gasteiger partial charge in [0.1, 0.15) is 5.15 Å². The number of aromatic nitrogens is 1. The fourth-order valence-electron chi connectivity index (χ4n) is 1.09. The molecule has 2 rings (SSSR count). The van der Waals surface area contributed by atoms with Crippen molar-refractivity contribution in [2.45, 2.75) is 0 Å². The summed E-state index contributed by atoms with van der Waals surface area (Å²) in [5, 5.41) is 1.85. The normalized spacial score (nSPS) is 11.1. The average Bonchev–Trinajstić information content (AvgIpc) is 2.41. The van der Waals surface area contributed by atoms with E-state index >= 15 is 0 Å². The van der Waals surface area contributed by atoms with Gasteiger partial charge in [-0.25, -0.2) is 4.57 Å². The Balaban J connectivity index is 0.000000221. The van der Waals surface area contributed by atoms with Crippen molar-refractivity contribution in [3.05, 3.63) is 35.5 Å². The molecule has 1 aromatic heterocycles. The van der Waals surface area contributed by atoms with E-state index in [1.165, 1.54) is 0 Å². The molecule has 88 valence electrons.